The van der Waals surface area contributed by atoms with Crippen LogP contribution in [0.25, 0.3) is 0 Å². The van der Waals surface area contributed by atoms with Crippen molar-refractivity contribution in [2.75, 3.05) is 33.4 Å². The number of likely N-dealkylation sites (N-methyl/N-ethyl adjacent to an activating group) is 1. The molecule has 0 saturated carbocycles. The van der Waals surface area contributed by atoms with E-state index >= 15 is 0 Å². The molecule has 1 aliphatic carbocycles. The molecule has 0 amide bonds. The molecule has 2 aromatic carbocycles. The van der Waals surface area contributed by atoms with E-state index in [2.05, 4.69) is 49.9 Å². The van der Waals surface area contributed by atoms with Crippen molar-refractivity contribution in [2.45, 2.75) is 110 Å². The molecule has 0 saturated heterocycles. The van der Waals surface area contributed by atoms with Gasteiger partial charge in [0.1, 0.15) is 11.6 Å². The van der Waals surface area contributed by atoms with Crippen LogP contribution in [0.2, 0.25) is 0 Å². The fourth-order valence-electron chi connectivity index (χ4n) is 6.45. The van der Waals surface area contributed by atoms with Gasteiger partial charge in [-0.25, -0.2) is 9.18 Å². The van der Waals surface area contributed by atoms with Gasteiger partial charge in [0.25, 0.3) is 0 Å². The lowest BCUT2D eigenvalue weighted by Crippen LogP contribution is -2.34. The van der Waals surface area contributed by atoms with Gasteiger partial charge in [0.05, 0.1) is 13.2 Å². The van der Waals surface area contributed by atoms with Crippen molar-refractivity contribution in [1.82, 2.24) is 4.90 Å². The Morgan fingerprint density at radius 3 is 2.34 bits per heavy atom. The predicted molar refractivity (Wildman–Crippen MR) is 181 cm³/mol. The molecule has 1 N–H and O–H groups in total. The van der Waals surface area contributed by atoms with Gasteiger partial charge in [-0.1, -0.05) is 83.9 Å². The number of aryl methyl sites for hydroxylation is 1. The Labute approximate surface area is 272 Å². The van der Waals surface area contributed by atoms with Crippen LogP contribution in [0.1, 0.15) is 108 Å². The molecule has 3 rings (SSSR count). The third-order valence-electron chi connectivity index (χ3n) is 9.01. The number of hydrogen-bond donors (Lipinski definition) is 1. The number of fused-ring (bicyclic) bond motifs is 1. The quantitative estimate of drug-likeness (QED) is 0.139. The van der Waals surface area contributed by atoms with E-state index in [-0.39, 0.29) is 30.1 Å². The monoisotopic (exact) mass is 633 g/mol. The number of carbonyl (C=O) groups is 1. The normalized spacial score (nSPS) is 16.9. The van der Waals surface area contributed by atoms with Gasteiger partial charge in [-0.3, -0.25) is 0 Å². The van der Waals surface area contributed by atoms with Crippen molar-refractivity contribution in [3.8, 4) is 5.75 Å². The zero-order valence-corrected chi connectivity index (χ0v) is 28.4. The number of ether oxygens (including phenoxy) is 2. The largest absolute Gasteiger partial charge is 0.494 e. The Balaban J connectivity index is 0.00000675. The fourth-order valence-corrected chi connectivity index (χ4v) is 6.45. The van der Waals surface area contributed by atoms with Gasteiger partial charge in [0.15, 0.2) is 6.10 Å². The first-order chi connectivity index (χ1) is 20.8. The topological polar surface area (TPSA) is 59.0 Å². The molecule has 0 aliphatic heterocycles. The highest BCUT2D eigenvalue weighted by Gasteiger charge is 2.33. The van der Waals surface area contributed by atoms with Crippen LogP contribution < -0.4 is 4.74 Å². The molecular weight excluding hydrogens is 577 g/mol. The van der Waals surface area contributed by atoms with Crippen LogP contribution >= 0.6 is 12.4 Å². The number of benzene rings is 2. The lowest BCUT2D eigenvalue weighted by Gasteiger charge is -2.36. The Kier molecular flexibility index (Phi) is 18.0. The Morgan fingerprint density at radius 2 is 1.68 bits per heavy atom. The Morgan fingerprint density at radius 1 is 1.00 bits per heavy atom. The summed E-state index contributed by atoms with van der Waals surface area (Å²) in [5, 5.41) is 9.86. The molecular formula is C37H57ClFNO4. The maximum absolute atomic E-state index is 13.8. The highest BCUT2D eigenvalue weighted by atomic mass is 35.5. The first-order valence-electron chi connectivity index (χ1n) is 16.8. The maximum atomic E-state index is 13.8. The first kappa shape index (κ1) is 38.0. The van der Waals surface area contributed by atoms with Crippen LogP contribution in [0.3, 0.4) is 0 Å². The van der Waals surface area contributed by atoms with E-state index in [1.807, 2.05) is 13.1 Å². The molecule has 44 heavy (non-hydrogen) atoms. The number of aliphatic carboxylic acids is 1. The van der Waals surface area contributed by atoms with Gasteiger partial charge in [0, 0.05) is 13.1 Å². The second-order valence-corrected chi connectivity index (χ2v) is 12.9. The summed E-state index contributed by atoms with van der Waals surface area (Å²) in [6, 6.07) is 13.5. The summed E-state index contributed by atoms with van der Waals surface area (Å²) >= 11 is 0. The fraction of sp³-hybridized carbons (Fsp3) is 0.649. The number of carboxylic acids is 1. The van der Waals surface area contributed by atoms with Crippen molar-refractivity contribution in [1.29, 1.82) is 0 Å². The number of rotatable bonds is 21. The second kappa shape index (κ2) is 20.8. The van der Waals surface area contributed by atoms with Crippen LogP contribution in [0.15, 0.2) is 42.5 Å². The summed E-state index contributed by atoms with van der Waals surface area (Å²) in [7, 11) is 2.03. The Hall–Kier alpha value is -2.15. The van der Waals surface area contributed by atoms with Crippen LogP contribution in [0.4, 0.5) is 4.39 Å². The molecule has 3 atom stereocenters. The molecule has 0 bridgehead atoms. The van der Waals surface area contributed by atoms with Crippen LogP contribution in [-0.2, 0) is 22.4 Å². The van der Waals surface area contributed by atoms with Crippen molar-refractivity contribution < 1.29 is 23.8 Å². The van der Waals surface area contributed by atoms with Gasteiger partial charge >= 0.3 is 5.97 Å². The number of nitrogens with zero attached hydrogens (tertiary/aromatic N) is 1. The number of hydrogen-bond acceptors (Lipinski definition) is 4. The molecule has 1 unspecified atom stereocenters. The van der Waals surface area contributed by atoms with E-state index in [1.165, 1.54) is 62.1 Å². The minimum Gasteiger partial charge on any atom is -0.494 e. The van der Waals surface area contributed by atoms with Crippen molar-refractivity contribution in [3.05, 3.63) is 65.0 Å². The third-order valence-corrected chi connectivity index (χ3v) is 9.01. The van der Waals surface area contributed by atoms with Crippen LogP contribution in [0, 0.1) is 17.7 Å². The van der Waals surface area contributed by atoms with Crippen LogP contribution in [-0.4, -0.2) is 55.4 Å². The van der Waals surface area contributed by atoms with Crippen molar-refractivity contribution in [3.63, 3.8) is 0 Å². The van der Waals surface area contributed by atoms with E-state index in [0.29, 0.717) is 25.5 Å². The summed E-state index contributed by atoms with van der Waals surface area (Å²) in [5.41, 5.74) is 3.51. The summed E-state index contributed by atoms with van der Waals surface area (Å²) < 4.78 is 25.8. The average molecular weight is 634 g/mol. The summed E-state index contributed by atoms with van der Waals surface area (Å²) in [5.74, 6) is 0.655. The minimum atomic E-state index is -0.907. The highest BCUT2D eigenvalue weighted by Crippen LogP contribution is 2.41. The van der Waals surface area contributed by atoms with E-state index in [4.69, 9.17) is 9.47 Å². The highest BCUT2D eigenvalue weighted by molar-refractivity contribution is 5.85. The molecule has 1 aliphatic rings. The van der Waals surface area contributed by atoms with Gasteiger partial charge in [0.2, 0.25) is 0 Å². The minimum absolute atomic E-state index is 0. The van der Waals surface area contributed by atoms with E-state index in [9.17, 15) is 14.3 Å². The molecule has 248 valence electrons. The lowest BCUT2D eigenvalue weighted by molar-refractivity contribution is -0.152. The predicted octanol–water partition coefficient (Wildman–Crippen LogP) is 9.10. The molecule has 0 heterocycles. The summed E-state index contributed by atoms with van der Waals surface area (Å²) in [6.45, 7) is 9.29. The molecule has 5 nitrogen and oxygen atoms in total. The summed E-state index contributed by atoms with van der Waals surface area (Å²) in [4.78, 5) is 14.2. The molecule has 7 heteroatoms. The smallest absolute Gasteiger partial charge is 0.332 e. The van der Waals surface area contributed by atoms with Gasteiger partial charge in [-0.2, -0.15) is 0 Å². The number of unbranched alkanes of at least 4 members (excludes halogenated alkanes) is 7. The zero-order valence-electron chi connectivity index (χ0n) is 27.6. The van der Waals surface area contributed by atoms with Crippen molar-refractivity contribution in [2.24, 2.45) is 11.8 Å². The first-order valence-corrected chi connectivity index (χ1v) is 16.8. The van der Waals surface area contributed by atoms with Crippen molar-refractivity contribution >= 4 is 18.4 Å². The summed E-state index contributed by atoms with van der Waals surface area (Å²) in [6.07, 6.45) is 12.6. The van der Waals surface area contributed by atoms with Crippen LogP contribution in [0.5, 0.6) is 5.75 Å². The Bertz CT molecular complexity index is 1080. The average Bonchev–Trinajstić information content (AvgIpc) is 2.99. The van der Waals surface area contributed by atoms with Gasteiger partial charge in [-0.15, -0.1) is 12.4 Å². The van der Waals surface area contributed by atoms with Gasteiger partial charge < -0.3 is 19.5 Å². The SMILES string of the molecule is CCCCCCCCCCOc1ccc(CCN(C)CCC(OC[C@@H]2CCc3cc(F)ccc3[C@@H]2C(C)C)C(=O)O)cc1.Cl. The zero-order chi connectivity index (χ0) is 31.0. The second-order valence-electron chi connectivity index (χ2n) is 12.9. The van der Waals surface area contributed by atoms with E-state index in [0.717, 1.165) is 50.1 Å². The molecule has 0 aromatic heterocycles. The van der Waals surface area contributed by atoms with Gasteiger partial charge in [-0.05, 0) is 97.9 Å². The number of carboxylic acid groups (broad SMARTS) is 1. The number of halogens is 2. The maximum Gasteiger partial charge on any atom is 0.332 e. The molecule has 0 spiro atoms. The molecule has 0 fully saturated rings. The van der Waals surface area contributed by atoms with E-state index < -0.39 is 12.1 Å². The lowest BCUT2D eigenvalue weighted by atomic mass is 9.70. The van der Waals surface area contributed by atoms with E-state index in [1.54, 1.807) is 6.07 Å². The molecule has 0 radical (unpaired) electrons. The molecule has 2 aromatic rings. The third kappa shape index (κ3) is 13.1. The standard InChI is InChI=1S/C37H56FNO4.ClH/c1-5-6-7-8-9-10-11-12-25-42-33-18-13-29(14-19-33)21-23-39(4)24-22-35(37(40)41)43-27-31-16-15-30-26-32(38)17-20-34(30)36(31)28(2)3;/h13-14,17-20,26,28,31,35-36H,5-12,15-16,21-25,27H2,1-4H3,(H,40,41);1H/t31-,35?,36+;/m0./s1.